The average molecular weight is 621 g/mol. The number of amides is 1. The highest BCUT2D eigenvalue weighted by atomic mass is 16.6. The van der Waals surface area contributed by atoms with E-state index in [1.165, 1.54) is 13.3 Å². The van der Waals surface area contributed by atoms with Gasteiger partial charge in [0.15, 0.2) is 0 Å². The molecule has 2 fully saturated rings. The minimum atomic E-state index is -0.105. The molecule has 1 N–H and O–H groups in total. The van der Waals surface area contributed by atoms with Crippen molar-refractivity contribution in [3.8, 4) is 29.1 Å². The molecule has 46 heavy (non-hydrogen) atoms. The van der Waals surface area contributed by atoms with Crippen LogP contribution in [0, 0.1) is 18.3 Å². The minimum Gasteiger partial charge on any atom is -0.468 e. The third-order valence-corrected chi connectivity index (χ3v) is 8.36. The van der Waals surface area contributed by atoms with E-state index in [4.69, 9.17) is 19.2 Å². The van der Waals surface area contributed by atoms with E-state index in [0.29, 0.717) is 49.4 Å². The summed E-state index contributed by atoms with van der Waals surface area (Å²) in [5.41, 5.74) is 4.11. The van der Waals surface area contributed by atoms with Gasteiger partial charge in [-0.1, -0.05) is 30.3 Å². The number of nitriles is 1. The molecule has 3 aromatic heterocycles. The number of carbonyl (C=O) groups excluding carboxylic acids is 1. The van der Waals surface area contributed by atoms with Gasteiger partial charge in [-0.2, -0.15) is 10.2 Å². The number of hydrogen-bond acceptors (Lipinski definition) is 11. The normalized spacial score (nSPS) is 17.8. The number of methoxy groups -OCH3 is 1. The zero-order valence-corrected chi connectivity index (χ0v) is 25.9. The molecule has 4 heterocycles. The van der Waals surface area contributed by atoms with Crippen molar-refractivity contribution in [1.82, 2.24) is 24.9 Å². The molecule has 12 nitrogen and oxygen atoms in total. The van der Waals surface area contributed by atoms with Gasteiger partial charge in [0.05, 0.1) is 26.5 Å². The largest absolute Gasteiger partial charge is 0.468 e. The molecule has 1 saturated carbocycles. The Bertz CT molecular complexity index is 1680. The molecule has 0 unspecified atom stereocenters. The summed E-state index contributed by atoms with van der Waals surface area (Å²) in [6.07, 6.45) is 10.8. The predicted octanol–water partition coefficient (Wildman–Crippen LogP) is 4.68. The fraction of sp³-hybridized carbons (Fsp3) is 0.382. The number of rotatable bonds is 11. The van der Waals surface area contributed by atoms with Gasteiger partial charge >= 0.3 is 6.01 Å². The van der Waals surface area contributed by atoms with Crippen LogP contribution in [0.25, 0.3) is 11.1 Å². The second kappa shape index (κ2) is 14.3. The van der Waals surface area contributed by atoms with Crippen LogP contribution in [0.1, 0.15) is 48.8 Å². The standard InChI is InChI=1S/C34H36N8O4/c1-22-14-30(36-19-29(22)25-17-38-34(44-2)39-18-25)42(31(43)13-8-23-6-4-3-5-7-23)27-11-9-26(10-12-27)40-33-37-16-24(15-35)32(41-33)46-28-20-45-21-28/h3-7,14,16-19,26-28H,8-13,20-21H2,1-2H3,(H,37,40,41)/t26-,27-. The van der Waals surface area contributed by atoms with Crippen LogP contribution in [0.5, 0.6) is 11.9 Å². The number of pyridine rings is 1. The van der Waals surface area contributed by atoms with Crippen LogP contribution < -0.4 is 19.7 Å². The molecule has 12 heteroatoms. The number of aryl methyl sites for hydroxylation is 2. The highest BCUT2D eigenvalue weighted by Crippen LogP contribution is 2.32. The van der Waals surface area contributed by atoms with E-state index >= 15 is 0 Å². The number of aromatic nitrogens is 5. The Morgan fingerprint density at radius 3 is 2.46 bits per heavy atom. The highest BCUT2D eigenvalue weighted by molar-refractivity contribution is 5.93. The summed E-state index contributed by atoms with van der Waals surface area (Å²) in [6.45, 7) is 2.97. The van der Waals surface area contributed by atoms with Gasteiger partial charge in [0.25, 0.3) is 0 Å². The summed E-state index contributed by atoms with van der Waals surface area (Å²) < 4.78 is 16.1. The lowest BCUT2D eigenvalue weighted by Gasteiger charge is -2.37. The first-order chi connectivity index (χ1) is 22.5. The number of benzene rings is 1. The molecule has 4 aromatic rings. The second-order valence-electron chi connectivity index (χ2n) is 11.5. The van der Waals surface area contributed by atoms with Crippen molar-refractivity contribution in [1.29, 1.82) is 5.26 Å². The monoisotopic (exact) mass is 620 g/mol. The van der Waals surface area contributed by atoms with Gasteiger partial charge < -0.3 is 19.5 Å². The quantitative estimate of drug-likeness (QED) is 0.249. The van der Waals surface area contributed by atoms with Gasteiger partial charge in [-0.15, -0.1) is 0 Å². The lowest BCUT2D eigenvalue weighted by atomic mass is 9.89. The summed E-state index contributed by atoms with van der Waals surface area (Å²) in [4.78, 5) is 37.9. The number of nitrogens with one attached hydrogen (secondary N) is 1. The average Bonchev–Trinajstić information content (AvgIpc) is 3.07. The topological polar surface area (TPSA) is 148 Å². The molecule has 0 bridgehead atoms. The van der Waals surface area contributed by atoms with E-state index in [2.05, 4.69) is 31.3 Å². The van der Waals surface area contributed by atoms with Crippen LogP contribution in [0.4, 0.5) is 11.8 Å². The fourth-order valence-corrected chi connectivity index (χ4v) is 5.77. The lowest BCUT2D eigenvalue weighted by molar-refractivity contribution is -0.119. The Balaban J connectivity index is 1.17. The SMILES string of the molecule is COc1ncc(-c2cnc(N(C(=O)CCc3ccccc3)[C@H]3CC[C@H](Nc4ncc(C#N)c(OC5COC5)n4)CC3)cc2C)cn1. The van der Waals surface area contributed by atoms with Crippen LogP contribution in [0.3, 0.4) is 0 Å². The first-order valence-corrected chi connectivity index (χ1v) is 15.5. The Morgan fingerprint density at radius 2 is 1.80 bits per heavy atom. The summed E-state index contributed by atoms with van der Waals surface area (Å²) in [7, 11) is 1.53. The third kappa shape index (κ3) is 7.21. The number of carbonyl (C=O) groups is 1. The predicted molar refractivity (Wildman–Crippen MR) is 170 cm³/mol. The van der Waals surface area contributed by atoms with Gasteiger partial charge in [0.1, 0.15) is 23.6 Å². The number of ether oxygens (including phenoxy) is 3. The van der Waals surface area contributed by atoms with Crippen LogP contribution in [0.15, 0.2) is 61.2 Å². The van der Waals surface area contributed by atoms with E-state index in [1.54, 1.807) is 18.6 Å². The maximum absolute atomic E-state index is 13.9. The van der Waals surface area contributed by atoms with Crippen molar-refractivity contribution >= 4 is 17.7 Å². The molecular weight excluding hydrogens is 584 g/mol. The molecule has 1 aliphatic heterocycles. The van der Waals surface area contributed by atoms with E-state index < -0.39 is 0 Å². The summed E-state index contributed by atoms with van der Waals surface area (Å²) in [5, 5.41) is 12.9. The summed E-state index contributed by atoms with van der Waals surface area (Å²) >= 11 is 0. The zero-order chi connectivity index (χ0) is 31.9. The molecule has 6 rings (SSSR count). The molecule has 2 aliphatic rings. The lowest BCUT2D eigenvalue weighted by Crippen LogP contribution is -2.45. The van der Waals surface area contributed by atoms with Crippen molar-refractivity contribution in [2.24, 2.45) is 0 Å². The van der Waals surface area contributed by atoms with E-state index in [1.807, 2.05) is 48.2 Å². The van der Waals surface area contributed by atoms with Crippen molar-refractivity contribution in [2.45, 2.75) is 63.6 Å². The maximum Gasteiger partial charge on any atom is 0.316 e. The molecule has 0 radical (unpaired) electrons. The van der Waals surface area contributed by atoms with Crippen molar-refractivity contribution < 1.29 is 19.0 Å². The third-order valence-electron chi connectivity index (χ3n) is 8.36. The van der Waals surface area contributed by atoms with Crippen molar-refractivity contribution in [3.05, 3.63) is 77.9 Å². The van der Waals surface area contributed by atoms with E-state index in [0.717, 1.165) is 47.9 Å². The van der Waals surface area contributed by atoms with Gasteiger partial charge in [-0.05, 0) is 56.2 Å². The first kappa shape index (κ1) is 30.9. The summed E-state index contributed by atoms with van der Waals surface area (Å²) in [5.74, 6) is 1.37. The smallest absolute Gasteiger partial charge is 0.316 e. The molecule has 0 atom stereocenters. The Kier molecular flexibility index (Phi) is 9.59. The Labute approximate surface area is 267 Å². The van der Waals surface area contributed by atoms with Crippen LogP contribution in [-0.4, -0.2) is 69.3 Å². The second-order valence-corrected chi connectivity index (χ2v) is 11.5. The summed E-state index contributed by atoms with van der Waals surface area (Å²) in [6, 6.07) is 14.5. The van der Waals surface area contributed by atoms with Crippen LogP contribution >= 0.6 is 0 Å². The molecule has 1 saturated heterocycles. The highest BCUT2D eigenvalue weighted by Gasteiger charge is 2.31. The maximum atomic E-state index is 13.9. The van der Waals surface area contributed by atoms with E-state index in [9.17, 15) is 10.1 Å². The molecule has 1 aliphatic carbocycles. The van der Waals surface area contributed by atoms with Gasteiger partial charge in [0.2, 0.25) is 17.7 Å². The molecule has 1 aromatic carbocycles. The fourth-order valence-electron chi connectivity index (χ4n) is 5.77. The minimum absolute atomic E-state index is 0.0113. The van der Waals surface area contributed by atoms with Gasteiger partial charge in [-0.25, -0.2) is 19.9 Å². The number of nitrogens with zero attached hydrogens (tertiary/aromatic N) is 7. The Hall–Kier alpha value is -5.15. The molecular formula is C34H36N8O4. The van der Waals surface area contributed by atoms with Crippen molar-refractivity contribution in [3.63, 3.8) is 0 Å². The van der Waals surface area contributed by atoms with Crippen molar-refractivity contribution in [2.75, 3.05) is 30.5 Å². The molecule has 1 amide bonds. The molecule has 0 spiro atoms. The van der Waals surface area contributed by atoms with Gasteiger partial charge in [-0.3, -0.25) is 9.69 Å². The Morgan fingerprint density at radius 1 is 1.04 bits per heavy atom. The first-order valence-electron chi connectivity index (χ1n) is 15.5. The molecule has 236 valence electrons. The zero-order valence-electron chi connectivity index (χ0n) is 25.9. The van der Waals surface area contributed by atoms with E-state index in [-0.39, 0.29) is 30.0 Å². The number of hydrogen-bond donors (Lipinski definition) is 1. The van der Waals surface area contributed by atoms with Gasteiger partial charge in [0, 0.05) is 48.2 Å². The van der Waals surface area contributed by atoms with Crippen LogP contribution in [0.2, 0.25) is 0 Å². The van der Waals surface area contributed by atoms with Crippen LogP contribution in [-0.2, 0) is 16.0 Å². The number of anilines is 2.